The maximum atomic E-state index is 13.2. The average molecular weight is 327 g/mol. The van der Waals surface area contributed by atoms with E-state index < -0.39 is 23.3 Å². The number of ether oxygens (including phenoxy) is 1. The molecule has 3 fully saturated rings. The Morgan fingerprint density at radius 3 is 2.33 bits per heavy atom. The molecule has 0 aromatic heterocycles. The summed E-state index contributed by atoms with van der Waals surface area (Å²) < 4.78 is 34.6. The van der Waals surface area contributed by atoms with Gasteiger partial charge in [-0.15, -0.1) is 0 Å². The summed E-state index contributed by atoms with van der Waals surface area (Å²) in [5.74, 6) is -1.21. The van der Waals surface area contributed by atoms with Crippen LogP contribution < -0.4 is 5.26 Å². The van der Waals surface area contributed by atoms with E-state index in [1.54, 1.807) is 0 Å². The summed E-state index contributed by atoms with van der Waals surface area (Å²) in [6.45, 7) is -0.179. The molecule has 0 amide bonds. The number of hydrogen-bond acceptors (Lipinski definition) is 7. The van der Waals surface area contributed by atoms with E-state index in [4.69, 9.17) is 0 Å². The van der Waals surface area contributed by atoms with Crippen LogP contribution >= 0.6 is 12.0 Å². The third-order valence-corrected chi connectivity index (χ3v) is 5.10. The number of rotatable bonds is 7. The first kappa shape index (κ1) is 16.9. The number of esters is 1. The standard InChI is InChI=1S/C12H18F2O6S/c13-12(14,21-20-19-17)11(16)18-6-10-8-3-1-7(2-4-8)9(10)5-15/h7-10,15,17H,1-6H2/p-1. The van der Waals surface area contributed by atoms with Crippen LogP contribution in [0.3, 0.4) is 0 Å². The second-order valence-electron chi connectivity index (χ2n) is 5.52. The second kappa shape index (κ2) is 7.19. The zero-order valence-corrected chi connectivity index (χ0v) is 12.0. The first-order chi connectivity index (χ1) is 9.99. The minimum Gasteiger partial charge on any atom is -0.691 e. The zero-order valence-electron chi connectivity index (χ0n) is 11.2. The van der Waals surface area contributed by atoms with Crippen molar-refractivity contribution >= 4 is 18.0 Å². The third-order valence-electron chi connectivity index (χ3n) is 4.60. The molecule has 3 rings (SSSR count). The van der Waals surface area contributed by atoms with Gasteiger partial charge in [-0.1, -0.05) is 0 Å². The smallest absolute Gasteiger partial charge is 0.415 e. The van der Waals surface area contributed by atoms with Crippen LogP contribution in [0.25, 0.3) is 0 Å². The molecule has 0 heterocycles. The zero-order chi connectivity index (χ0) is 15.5. The lowest BCUT2D eigenvalue weighted by atomic mass is 9.59. The number of fused-ring (bicyclic) bond motifs is 3. The van der Waals surface area contributed by atoms with Crippen molar-refractivity contribution < 1.29 is 38.0 Å². The van der Waals surface area contributed by atoms with Crippen LogP contribution in [0.2, 0.25) is 0 Å². The van der Waals surface area contributed by atoms with Gasteiger partial charge in [0.2, 0.25) is 0 Å². The van der Waals surface area contributed by atoms with Crippen molar-refractivity contribution in [2.45, 2.75) is 30.9 Å². The van der Waals surface area contributed by atoms with Crippen LogP contribution in [0, 0.1) is 23.7 Å². The number of aliphatic hydroxyl groups excluding tert-OH is 1. The molecule has 21 heavy (non-hydrogen) atoms. The summed E-state index contributed by atoms with van der Waals surface area (Å²) in [5, 5.41) is 17.8. The Hall–Kier alpha value is -0.480. The molecule has 0 aromatic carbocycles. The van der Waals surface area contributed by atoms with Gasteiger partial charge in [0, 0.05) is 12.5 Å². The van der Waals surface area contributed by atoms with E-state index in [0.717, 1.165) is 25.7 Å². The molecule has 0 radical (unpaired) electrons. The summed E-state index contributed by atoms with van der Waals surface area (Å²) in [6.07, 6.45) is 4.01. The highest BCUT2D eigenvalue weighted by atomic mass is 32.2. The molecule has 2 atom stereocenters. The van der Waals surface area contributed by atoms with E-state index in [-0.39, 0.29) is 25.0 Å². The Balaban J connectivity index is 1.88. The topological polar surface area (TPSA) is 88.1 Å². The van der Waals surface area contributed by atoms with Crippen molar-refractivity contribution in [3.8, 4) is 0 Å². The second-order valence-corrected chi connectivity index (χ2v) is 6.34. The van der Waals surface area contributed by atoms with Crippen LogP contribution in [0.4, 0.5) is 8.78 Å². The molecule has 122 valence electrons. The number of carbonyl (C=O) groups excluding carboxylic acids is 1. The van der Waals surface area contributed by atoms with Crippen LogP contribution in [0.15, 0.2) is 0 Å². The van der Waals surface area contributed by atoms with Crippen LogP contribution in [-0.2, 0) is 18.9 Å². The van der Waals surface area contributed by atoms with Crippen molar-refractivity contribution in [1.29, 1.82) is 0 Å². The molecule has 3 saturated carbocycles. The monoisotopic (exact) mass is 327 g/mol. The number of halogens is 2. The lowest BCUT2D eigenvalue weighted by molar-refractivity contribution is -0.777. The summed E-state index contributed by atoms with van der Waals surface area (Å²) in [7, 11) is 0. The van der Waals surface area contributed by atoms with E-state index >= 15 is 0 Å². The van der Waals surface area contributed by atoms with Crippen LogP contribution in [0.1, 0.15) is 25.7 Å². The van der Waals surface area contributed by atoms with Gasteiger partial charge in [0.15, 0.2) is 0 Å². The van der Waals surface area contributed by atoms with Crippen molar-refractivity contribution in [2.75, 3.05) is 13.2 Å². The van der Waals surface area contributed by atoms with E-state index in [9.17, 15) is 23.9 Å². The number of carbonyl (C=O) groups is 1. The molecule has 0 saturated heterocycles. The number of alkyl halides is 2. The third kappa shape index (κ3) is 3.84. The molecule has 0 spiro atoms. The van der Waals surface area contributed by atoms with Gasteiger partial charge in [-0.25, -0.2) is 4.79 Å². The Morgan fingerprint density at radius 2 is 1.81 bits per heavy atom. The highest BCUT2D eigenvalue weighted by Gasteiger charge is 2.47. The molecular weight excluding hydrogens is 310 g/mol. The van der Waals surface area contributed by atoms with Gasteiger partial charge >= 0.3 is 11.2 Å². The minimum absolute atomic E-state index is 0.00667. The summed E-state index contributed by atoms with van der Waals surface area (Å²) >= 11 is -0.697. The molecule has 9 heteroatoms. The number of aliphatic hydroxyl groups is 1. The Bertz CT molecular complexity index is 362. The quantitative estimate of drug-likeness (QED) is 0.323. The molecule has 3 aliphatic rings. The SMILES string of the molecule is O=C(OCC1C2CCC(CC2)C1CO)C(F)(F)SOO[O-]. The summed E-state index contributed by atoms with van der Waals surface area (Å²) in [4.78, 5) is 11.3. The predicted molar refractivity (Wildman–Crippen MR) is 65.2 cm³/mol. The highest BCUT2D eigenvalue weighted by molar-refractivity contribution is 7.96. The molecule has 0 aromatic rings. The van der Waals surface area contributed by atoms with Gasteiger partial charge in [0.25, 0.3) is 0 Å². The van der Waals surface area contributed by atoms with Gasteiger partial charge in [-0.3, -0.25) is 5.04 Å². The molecule has 2 unspecified atom stereocenters. The fourth-order valence-corrected chi connectivity index (χ4v) is 3.83. The fraction of sp³-hybridized carbons (Fsp3) is 0.917. The molecule has 2 bridgehead atoms. The lowest BCUT2D eigenvalue weighted by Crippen LogP contribution is -2.44. The summed E-state index contributed by atoms with van der Waals surface area (Å²) in [6, 6.07) is 0. The minimum atomic E-state index is -4.01. The fourth-order valence-electron chi connectivity index (χ4n) is 3.59. The van der Waals surface area contributed by atoms with Crippen molar-refractivity contribution in [2.24, 2.45) is 23.7 Å². The molecule has 1 N–H and O–H groups in total. The summed E-state index contributed by atoms with van der Waals surface area (Å²) in [5.41, 5.74) is 0. The van der Waals surface area contributed by atoms with Gasteiger partial charge in [-0.2, -0.15) is 13.1 Å². The van der Waals surface area contributed by atoms with E-state index in [1.165, 1.54) is 0 Å². The van der Waals surface area contributed by atoms with Crippen LogP contribution in [-0.4, -0.2) is 29.5 Å². The van der Waals surface area contributed by atoms with E-state index in [1.807, 2.05) is 0 Å². The maximum Gasteiger partial charge on any atom is 0.415 e. The van der Waals surface area contributed by atoms with Gasteiger partial charge < -0.3 is 15.1 Å². The first-order valence-corrected chi connectivity index (χ1v) is 7.54. The largest absolute Gasteiger partial charge is 0.691 e. The van der Waals surface area contributed by atoms with E-state index in [2.05, 4.69) is 14.1 Å². The van der Waals surface area contributed by atoms with E-state index in [0.29, 0.717) is 11.8 Å². The van der Waals surface area contributed by atoms with Crippen molar-refractivity contribution in [1.82, 2.24) is 0 Å². The van der Waals surface area contributed by atoms with Crippen molar-refractivity contribution in [3.05, 3.63) is 0 Å². The number of hydrogen-bond donors (Lipinski definition) is 1. The molecule has 3 aliphatic carbocycles. The molecular formula is C12H17F2O6S-. The van der Waals surface area contributed by atoms with Crippen molar-refractivity contribution in [3.63, 3.8) is 0 Å². The Kier molecular flexibility index (Phi) is 5.78. The maximum absolute atomic E-state index is 13.2. The molecule has 6 nitrogen and oxygen atoms in total. The van der Waals surface area contributed by atoms with Crippen LogP contribution in [0.5, 0.6) is 0 Å². The molecule has 0 aliphatic heterocycles. The van der Waals surface area contributed by atoms with Gasteiger partial charge in [0.05, 0.1) is 6.61 Å². The predicted octanol–water partition coefficient (Wildman–Crippen LogP) is 1.04. The van der Waals surface area contributed by atoms with Gasteiger partial charge in [-0.05, 0) is 43.4 Å². The highest BCUT2D eigenvalue weighted by Crippen LogP contribution is 2.48. The normalized spacial score (nSPS) is 32.2. The van der Waals surface area contributed by atoms with Gasteiger partial charge in [0.1, 0.15) is 12.0 Å². The Morgan fingerprint density at radius 1 is 1.24 bits per heavy atom. The lowest BCUT2D eigenvalue weighted by Gasteiger charge is -2.47. The Labute approximate surface area is 124 Å². The average Bonchev–Trinajstić information content (AvgIpc) is 2.51. The first-order valence-electron chi connectivity index (χ1n) is 6.79.